The fourth-order valence-corrected chi connectivity index (χ4v) is 5.77. The molecule has 1 saturated carbocycles. The van der Waals surface area contributed by atoms with Crippen LogP contribution in [-0.4, -0.2) is 75.0 Å². The average molecular weight is 485 g/mol. The molecule has 5 rings (SSSR count). The van der Waals surface area contributed by atoms with E-state index in [2.05, 4.69) is 17.2 Å². The Morgan fingerprint density at radius 2 is 1.91 bits per heavy atom. The molecule has 2 N–H and O–H groups in total. The second kappa shape index (κ2) is 8.53. The van der Waals surface area contributed by atoms with Crippen LogP contribution in [-0.2, 0) is 11.3 Å². The van der Waals surface area contributed by atoms with E-state index in [-0.39, 0.29) is 17.9 Å². The highest BCUT2D eigenvalue weighted by Gasteiger charge is 2.41. The number of pyridine rings is 1. The largest absolute Gasteiger partial charge is 0.465 e. The third-order valence-corrected chi connectivity index (χ3v) is 7.95. The monoisotopic (exact) mass is 484 g/mol. The van der Waals surface area contributed by atoms with E-state index >= 15 is 0 Å². The molecular formula is C23H28N6O4S. The van der Waals surface area contributed by atoms with Crippen molar-refractivity contribution in [3.8, 4) is 10.6 Å². The van der Waals surface area contributed by atoms with Crippen molar-refractivity contribution in [1.82, 2.24) is 19.8 Å². The second-order valence-electron chi connectivity index (χ2n) is 9.25. The number of fused-ring (bicyclic) bond motifs is 1. The maximum absolute atomic E-state index is 13.5. The van der Waals surface area contributed by atoms with Gasteiger partial charge in [-0.25, -0.2) is 14.8 Å². The molecule has 0 spiro atoms. The normalized spacial score (nSPS) is 18.8. The summed E-state index contributed by atoms with van der Waals surface area (Å²) in [5.41, 5.74) is 3.04. The smallest absolute Gasteiger partial charge is 0.407 e. The van der Waals surface area contributed by atoms with Crippen LogP contribution in [0.1, 0.15) is 48.3 Å². The highest BCUT2D eigenvalue weighted by Crippen LogP contribution is 2.42. The van der Waals surface area contributed by atoms with Gasteiger partial charge in [-0.2, -0.15) is 0 Å². The van der Waals surface area contributed by atoms with Gasteiger partial charge in [-0.15, -0.1) is 0 Å². The molecule has 180 valence electrons. The second-order valence-corrected chi connectivity index (χ2v) is 10.2. The van der Waals surface area contributed by atoms with Crippen molar-refractivity contribution < 1.29 is 19.5 Å². The van der Waals surface area contributed by atoms with E-state index in [1.165, 1.54) is 23.2 Å². The number of hydrogen-bond donors (Lipinski definition) is 2. The molecule has 1 saturated heterocycles. The highest BCUT2D eigenvalue weighted by molar-refractivity contribution is 7.19. The van der Waals surface area contributed by atoms with Crippen LogP contribution in [0.25, 0.3) is 10.6 Å². The van der Waals surface area contributed by atoms with Gasteiger partial charge in [-0.3, -0.25) is 9.59 Å². The molecule has 2 fully saturated rings. The van der Waals surface area contributed by atoms with Crippen molar-refractivity contribution in [3.05, 3.63) is 22.9 Å². The third-order valence-electron chi connectivity index (χ3n) is 6.86. The number of amides is 3. The molecule has 0 radical (unpaired) electrons. The topological polar surface area (TPSA) is 119 Å². The van der Waals surface area contributed by atoms with Crippen molar-refractivity contribution >= 4 is 40.2 Å². The van der Waals surface area contributed by atoms with Crippen LogP contribution in [0.5, 0.6) is 0 Å². The minimum atomic E-state index is -0.933. The van der Waals surface area contributed by atoms with Crippen molar-refractivity contribution in [2.45, 2.75) is 46.2 Å². The molecule has 1 aliphatic carbocycles. The maximum Gasteiger partial charge on any atom is 0.407 e. The summed E-state index contributed by atoms with van der Waals surface area (Å²) in [6.45, 7) is 7.65. The Bertz CT molecular complexity index is 1170. The average Bonchev–Trinajstić information content (AvgIpc) is 3.51. The van der Waals surface area contributed by atoms with E-state index in [0.717, 1.165) is 34.7 Å². The number of anilines is 2. The van der Waals surface area contributed by atoms with Crippen LogP contribution in [0.4, 0.5) is 15.7 Å². The first-order chi connectivity index (χ1) is 16.2. The minimum Gasteiger partial charge on any atom is -0.465 e. The van der Waals surface area contributed by atoms with Gasteiger partial charge in [0.2, 0.25) is 5.91 Å². The number of nitrogens with one attached hydrogen (secondary N) is 1. The molecule has 4 heterocycles. The van der Waals surface area contributed by atoms with Crippen LogP contribution < -0.4 is 10.2 Å². The molecule has 11 heteroatoms. The van der Waals surface area contributed by atoms with Crippen LogP contribution >= 0.6 is 11.3 Å². The van der Waals surface area contributed by atoms with Gasteiger partial charge in [0.05, 0.1) is 21.8 Å². The first-order valence-electron chi connectivity index (χ1n) is 11.6. The number of hydrogen-bond acceptors (Lipinski definition) is 7. The Kier molecular flexibility index (Phi) is 5.67. The minimum absolute atomic E-state index is 0.00377. The van der Waals surface area contributed by atoms with Gasteiger partial charge in [-0.05, 0) is 44.2 Å². The lowest BCUT2D eigenvalue weighted by Gasteiger charge is -2.34. The summed E-state index contributed by atoms with van der Waals surface area (Å²) in [6.07, 6.45) is 1.37. The number of aromatic nitrogens is 2. The molecule has 2 aromatic rings. The van der Waals surface area contributed by atoms with Crippen LogP contribution in [0, 0.1) is 12.8 Å². The summed E-state index contributed by atoms with van der Waals surface area (Å²) in [5, 5.41) is 12.6. The number of carbonyl (C=O) groups is 3. The van der Waals surface area contributed by atoms with Crippen molar-refractivity contribution in [2.75, 3.05) is 36.4 Å². The van der Waals surface area contributed by atoms with E-state index in [4.69, 9.17) is 4.98 Å². The summed E-state index contributed by atoms with van der Waals surface area (Å²) >= 11 is 1.36. The van der Waals surface area contributed by atoms with Crippen molar-refractivity contribution in [2.24, 2.45) is 5.92 Å². The van der Waals surface area contributed by atoms with Gasteiger partial charge in [0.15, 0.2) is 5.13 Å². The summed E-state index contributed by atoms with van der Waals surface area (Å²) in [6, 6.07) is 2.15. The fraction of sp³-hybridized carbons (Fsp3) is 0.522. The maximum atomic E-state index is 13.5. The van der Waals surface area contributed by atoms with Crippen molar-refractivity contribution in [3.63, 3.8) is 0 Å². The summed E-state index contributed by atoms with van der Waals surface area (Å²) in [4.78, 5) is 52.0. The molecule has 0 aromatic carbocycles. The Labute approximate surface area is 201 Å². The molecule has 2 aromatic heterocycles. The SMILES string of the molecule is CC(=O)Nc1nc(C)c(-c2cc3c(c(N4CCN(C(=O)O)CC4)n2)C(=O)N([C@@H](C)C2CC2)C3)s1. The number of thiazole rings is 1. The van der Waals surface area contributed by atoms with Gasteiger partial charge in [0.25, 0.3) is 5.91 Å². The van der Waals surface area contributed by atoms with Crippen LogP contribution in [0.2, 0.25) is 0 Å². The lowest BCUT2D eigenvalue weighted by Crippen LogP contribution is -2.49. The van der Waals surface area contributed by atoms with Gasteiger partial charge in [-0.1, -0.05) is 11.3 Å². The zero-order chi connectivity index (χ0) is 24.1. The summed E-state index contributed by atoms with van der Waals surface area (Å²) in [5.74, 6) is 0.984. The highest BCUT2D eigenvalue weighted by atomic mass is 32.1. The standard InChI is InChI=1S/C23H28N6O4S/c1-12-19(34-22(24-12)25-14(3)30)17-10-16-11-29(13(2)15-4-5-15)21(31)18(16)20(26-17)27-6-8-28(9-7-27)23(32)33/h10,13,15H,4-9,11H2,1-3H3,(H,32,33)(H,24,25,30)/t13-/m0/s1. The van der Waals surface area contributed by atoms with Crippen LogP contribution in [0.3, 0.4) is 0 Å². The molecular weight excluding hydrogens is 456 g/mol. The Balaban J connectivity index is 1.54. The predicted molar refractivity (Wildman–Crippen MR) is 128 cm³/mol. The number of aryl methyl sites for hydroxylation is 1. The number of piperazine rings is 1. The van der Waals surface area contributed by atoms with Gasteiger partial charge >= 0.3 is 6.09 Å². The summed E-state index contributed by atoms with van der Waals surface area (Å²) in [7, 11) is 0. The molecule has 34 heavy (non-hydrogen) atoms. The number of nitrogens with zero attached hydrogens (tertiary/aromatic N) is 5. The zero-order valence-electron chi connectivity index (χ0n) is 19.5. The zero-order valence-corrected chi connectivity index (χ0v) is 20.3. The lowest BCUT2D eigenvalue weighted by atomic mass is 10.1. The molecule has 10 nitrogen and oxygen atoms in total. The molecule has 3 amide bonds. The molecule has 0 unspecified atom stereocenters. The van der Waals surface area contributed by atoms with Gasteiger partial charge in [0, 0.05) is 45.7 Å². The van der Waals surface area contributed by atoms with Crippen LogP contribution in [0.15, 0.2) is 6.07 Å². The number of rotatable bonds is 5. The van der Waals surface area contributed by atoms with Gasteiger partial charge in [0.1, 0.15) is 5.82 Å². The summed E-state index contributed by atoms with van der Waals surface area (Å²) < 4.78 is 0. The first-order valence-corrected chi connectivity index (χ1v) is 12.4. The Hall–Kier alpha value is -3.21. The van der Waals surface area contributed by atoms with Crippen molar-refractivity contribution in [1.29, 1.82) is 0 Å². The van der Waals surface area contributed by atoms with Gasteiger partial charge < -0.3 is 25.1 Å². The van der Waals surface area contributed by atoms with E-state index in [9.17, 15) is 19.5 Å². The Morgan fingerprint density at radius 3 is 2.53 bits per heavy atom. The lowest BCUT2D eigenvalue weighted by molar-refractivity contribution is -0.114. The quantitative estimate of drug-likeness (QED) is 0.669. The number of carboxylic acid groups (broad SMARTS) is 1. The van der Waals surface area contributed by atoms with E-state index in [1.807, 2.05) is 22.8 Å². The Morgan fingerprint density at radius 1 is 1.21 bits per heavy atom. The van der Waals surface area contributed by atoms with E-state index in [0.29, 0.717) is 55.2 Å². The third kappa shape index (κ3) is 4.08. The fourth-order valence-electron chi connectivity index (χ4n) is 4.79. The van der Waals surface area contributed by atoms with E-state index in [1.54, 1.807) is 0 Å². The molecule has 3 aliphatic rings. The predicted octanol–water partition coefficient (Wildman–Crippen LogP) is 3.03. The first kappa shape index (κ1) is 22.6. The molecule has 0 bridgehead atoms. The molecule has 1 atom stereocenters. The molecule has 2 aliphatic heterocycles. The number of carbonyl (C=O) groups excluding carboxylic acids is 2. The van der Waals surface area contributed by atoms with E-state index < -0.39 is 6.09 Å².